The number of hydrogen-bond acceptors (Lipinski definition) is 4. The molecule has 0 unspecified atom stereocenters. The molecule has 104 valence electrons. The van der Waals surface area contributed by atoms with Gasteiger partial charge in [-0.3, -0.25) is 9.59 Å². The van der Waals surface area contributed by atoms with Gasteiger partial charge in [0.25, 0.3) is 5.91 Å². The summed E-state index contributed by atoms with van der Waals surface area (Å²) in [5.41, 5.74) is 5.43. The van der Waals surface area contributed by atoms with Crippen LogP contribution >= 0.6 is 0 Å². The lowest BCUT2D eigenvalue weighted by atomic mass is 10.2. The summed E-state index contributed by atoms with van der Waals surface area (Å²) in [6.45, 7) is 3.83. The molecule has 4 N–H and O–H groups in total. The first-order valence-electron chi connectivity index (χ1n) is 5.88. The summed E-state index contributed by atoms with van der Waals surface area (Å²) in [6, 6.07) is 1.05. The standard InChI is InChI=1S/C12H17FN4O2/c1-7(2)17-10(18)3-4-15-12(19)9-5-8(13)6-16-11(9)14/h5-7H,3-4H2,1-2H3,(H2,14,16)(H,15,19)(H,17,18). The fourth-order valence-corrected chi connectivity index (χ4v) is 1.41. The summed E-state index contributed by atoms with van der Waals surface area (Å²) in [7, 11) is 0. The van der Waals surface area contributed by atoms with Crippen molar-refractivity contribution < 1.29 is 14.0 Å². The number of aromatic nitrogens is 1. The number of carbonyl (C=O) groups excluding carboxylic acids is 2. The molecule has 0 saturated heterocycles. The molecule has 1 aromatic rings. The third kappa shape index (κ3) is 4.90. The zero-order chi connectivity index (χ0) is 14.4. The number of anilines is 1. The zero-order valence-electron chi connectivity index (χ0n) is 10.9. The minimum Gasteiger partial charge on any atom is -0.383 e. The summed E-state index contributed by atoms with van der Waals surface area (Å²) in [6.07, 6.45) is 1.08. The molecule has 1 rings (SSSR count). The Morgan fingerprint density at radius 2 is 2.16 bits per heavy atom. The highest BCUT2D eigenvalue weighted by molar-refractivity contribution is 5.98. The minimum absolute atomic E-state index is 0.0377. The monoisotopic (exact) mass is 268 g/mol. The zero-order valence-corrected chi connectivity index (χ0v) is 10.9. The molecule has 0 aromatic carbocycles. The summed E-state index contributed by atoms with van der Waals surface area (Å²) in [5, 5.41) is 5.17. The molecule has 2 amide bonds. The van der Waals surface area contributed by atoms with E-state index in [0.29, 0.717) is 0 Å². The van der Waals surface area contributed by atoms with Crippen LogP contribution in [0.1, 0.15) is 30.6 Å². The largest absolute Gasteiger partial charge is 0.383 e. The van der Waals surface area contributed by atoms with Gasteiger partial charge in [-0.1, -0.05) is 0 Å². The third-order valence-corrected chi connectivity index (χ3v) is 2.22. The van der Waals surface area contributed by atoms with Gasteiger partial charge in [0.2, 0.25) is 5.91 Å². The van der Waals surface area contributed by atoms with Crippen LogP contribution in [0.5, 0.6) is 0 Å². The number of carbonyl (C=O) groups is 2. The maximum absolute atomic E-state index is 12.9. The highest BCUT2D eigenvalue weighted by Crippen LogP contribution is 2.09. The number of rotatable bonds is 5. The summed E-state index contributed by atoms with van der Waals surface area (Å²) < 4.78 is 12.9. The van der Waals surface area contributed by atoms with Crippen LogP contribution in [-0.2, 0) is 4.79 Å². The highest BCUT2D eigenvalue weighted by Gasteiger charge is 2.12. The molecular formula is C12H17FN4O2. The van der Waals surface area contributed by atoms with Crippen molar-refractivity contribution in [2.75, 3.05) is 12.3 Å². The average molecular weight is 268 g/mol. The number of nitrogens with one attached hydrogen (secondary N) is 2. The predicted molar refractivity (Wildman–Crippen MR) is 68.8 cm³/mol. The van der Waals surface area contributed by atoms with E-state index in [1.165, 1.54) is 0 Å². The molecule has 7 heteroatoms. The number of nitrogens with two attached hydrogens (primary N) is 1. The number of pyridine rings is 1. The van der Waals surface area contributed by atoms with Crippen molar-refractivity contribution in [2.45, 2.75) is 26.3 Å². The van der Waals surface area contributed by atoms with Crippen molar-refractivity contribution >= 4 is 17.6 Å². The molecule has 0 spiro atoms. The molecule has 0 saturated carbocycles. The predicted octanol–water partition coefficient (Wildman–Crippen LogP) is 0.447. The molecule has 1 heterocycles. The smallest absolute Gasteiger partial charge is 0.255 e. The van der Waals surface area contributed by atoms with Crippen LogP contribution < -0.4 is 16.4 Å². The lowest BCUT2D eigenvalue weighted by Gasteiger charge is -2.09. The van der Waals surface area contributed by atoms with Gasteiger partial charge < -0.3 is 16.4 Å². The minimum atomic E-state index is -0.642. The molecule has 0 atom stereocenters. The number of nitrogen functional groups attached to an aromatic ring is 1. The summed E-state index contributed by atoms with van der Waals surface area (Å²) >= 11 is 0. The summed E-state index contributed by atoms with van der Waals surface area (Å²) in [4.78, 5) is 26.6. The second kappa shape index (κ2) is 6.67. The Morgan fingerprint density at radius 3 is 2.79 bits per heavy atom. The van der Waals surface area contributed by atoms with Crippen LogP contribution in [0.25, 0.3) is 0 Å². The molecule has 0 radical (unpaired) electrons. The van der Waals surface area contributed by atoms with Crippen molar-refractivity contribution in [2.24, 2.45) is 0 Å². The first-order valence-corrected chi connectivity index (χ1v) is 5.88. The van der Waals surface area contributed by atoms with Gasteiger partial charge in [0.1, 0.15) is 11.6 Å². The van der Waals surface area contributed by atoms with Crippen LogP contribution in [0.2, 0.25) is 0 Å². The van der Waals surface area contributed by atoms with Gasteiger partial charge in [-0.15, -0.1) is 0 Å². The van der Waals surface area contributed by atoms with Crippen molar-refractivity contribution in [1.29, 1.82) is 0 Å². The van der Waals surface area contributed by atoms with Crippen molar-refractivity contribution in [3.05, 3.63) is 23.6 Å². The quantitative estimate of drug-likeness (QED) is 0.722. The third-order valence-electron chi connectivity index (χ3n) is 2.22. The normalized spacial score (nSPS) is 10.3. The Kier molecular flexibility index (Phi) is 5.23. The van der Waals surface area contributed by atoms with E-state index in [-0.39, 0.29) is 36.3 Å². The fourth-order valence-electron chi connectivity index (χ4n) is 1.41. The van der Waals surface area contributed by atoms with Crippen LogP contribution in [0, 0.1) is 5.82 Å². The van der Waals surface area contributed by atoms with Crippen molar-refractivity contribution in [3.63, 3.8) is 0 Å². The van der Waals surface area contributed by atoms with Crippen molar-refractivity contribution in [3.8, 4) is 0 Å². The Morgan fingerprint density at radius 1 is 1.47 bits per heavy atom. The van der Waals surface area contributed by atoms with Gasteiger partial charge in [0.05, 0.1) is 11.8 Å². The lowest BCUT2D eigenvalue weighted by Crippen LogP contribution is -2.34. The van der Waals surface area contributed by atoms with Crippen LogP contribution in [-0.4, -0.2) is 29.4 Å². The van der Waals surface area contributed by atoms with Crippen LogP contribution in [0.4, 0.5) is 10.2 Å². The molecular weight excluding hydrogens is 251 g/mol. The Bertz CT molecular complexity index is 477. The number of halogens is 1. The van der Waals surface area contributed by atoms with E-state index in [9.17, 15) is 14.0 Å². The van der Waals surface area contributed by atoms with Gasteiger partial charge in [0.15, 0.2) is 0 Å². The highest BCUT2D eigenvalue weighted by atomic mass is 19.1. The molecule has 1 aromatic heterocycles. The van der Waals surface area contributed by atoms with E-state index in [2.05, 4.69) is 15.6 Å². The van der Waals surface area contributed by atoms with Gasteiger partial charge in [-0.25, -0.2) is 9.37 Å². The topological polar surface area (TPSA) is 97.1 Å². The van der Waals surface area contributed by atoms with E-state index in [1.54, 1.807) is 0 Å². The number of hydrogen-bond donors (Lipinski definition) is 3. The van der Waals surface area contributed by atoms with E-state index >= 15 is 0 Å². The second-order valence-corrected chi connectivity index (χ2v) is 4.31. The van der Waals surface area contributed by atoms with E-state index in [0.717, 1.165) is 12.3 Å². The molecule has 0 aliphatic heterocycles. The van der Waals surface area contributed by atoms with E-state index in [1.807, 2.05) is 13.8 Å². The molecule has 0 fully saturated rings. The maximum Gasteiger partial charge on any atom is 0.255 e. The molecule has 0 aliphatic carbocycles. The Hall–Kier alpha value is -2.18. The molecule has 6 nitrogen and oxygen atoms in total. The van der Waals surface area contributed by atoms with Crippen LogP contribution in [0.15, 0.2) is 12.3 Å². The van der Waals surface area contributed by atoms with Gasteiger partial charge in [-0.2, -0.15) is 0 Å². The van der Waals surface area contributed by atoms with Gasteiger partial charge in [0, 0.05) is 19.0 Å². The molecule has 19 heavy (non-hydrogen) atoms. The first kappa shape index (κ1) is 14.9. The maximum atomic E-state index is 12.9. The van der Waals surface area contributed by atoms with Crippen LogP contribution in [0.3, 0.4) is 0 Å². The van der Waals surface area contributed by atoms with Crippen molar-refractivity contribution in [1.82, 2.24) is 15.6 Å². The Labute approximate surface area is 110 Å². The van der Waals surface area contributed by atoms with Gasteiger partial charge >= 0.3 is 0 Å². The summed E-state index contributed by atoms with van der Waals surface area (Å²) in [5.74, 6) is -1.41. The Balaban J connectivity index is 2.48. The van der Waals surface area contributed by atoms with E-state index < -0.39 is 11.7 Å². The fraction of sp³-hybridized carbons (Fsp3) is 0.417. The number of nitrogens with zero attached hydrogens (tertiary/aromatic N) is 1. The SMILES string of the molecule is CC(C)NC(=O)CCNC(=O)c1cc(F)cnc1N. The average Bonchev–Trinajstić information content (AvgIpc) is 2.31. The number of amides is 2. The van der Waals surface area contributed by atoms with Gasteiger partial charge in [-0.05, 0) is 19.9 Å². The molecule has 0 bridgehead atoms. The first-order chi connectivity index (χ1) is 8.90. The lowest BCUT2D eigenvalue weighted by molar-refractivity contribution is -0.121. The van der Waals surface area contributed by atoms with E-state index in [4.69, 9.17) is 5.73 Å². The second-order valence-electron chi connectivity index (χ2n) is 4.31. The molecule has 0 aliphatic rings.